The molecule has 4 rings (SSSR count). The van der Waals surface area contributed by atoms with Crippen LogP contribution in [0.3, 0.4) is 0 Å². The van der Waals surface area contributed by atoms with Crippen LogP contribution in [0.2, 0.25) is 0 Å². The lowest BCUT2D eigenvalue weighted by Gasteiger charge is -2.25. The van der Waals surface area contributed by atoms with Crippen LogP contribution in [0.15, 0.2) is 54.6 Å². The normalized spacial score (nSPS) is 15.2. The SMILES string of the molecule is CCCC1(CCC)NC(=O)N(NC(=O)CCc2c(-c3ccccc3)[nH]c3ccccc23)C1=O. The van der Waals surface area contributed by atoms with Crippen LogP contribution < -0.4 is 10.7 Å². The molecular weight excluding hydrogens is 416 g/mol. The number of aromatic amines is 1. The maximum atomic E-state index is 13.0. The van der Waals surface area contributed by atoms with Gasteiger partial charge in [-0.25, -0.2) is 4.79 Å². The highest BCUT2D eigenvalue weighted by Crippen LogP contribution is 2.31. The number of hydrogen-bond acceptors (Lipinski definition) is 3. The van der Waals surface area contributed by atoms with Crippen LogP contribution in [0.1, 0.15) is 51.5 Å². The number of fused-ring (bicyclic) bond motifs is 1. The fourth-order valence-electron chi connectivity index (χ4n) is 4.77. The number of hydrazine groups is 1. The fraction of sp³-hybridized carbons (Fsp3) is 0.346. The van der Waals surface area contributed by atoms with Crippen molar-refractivity contribution in [3.63, 3.8) is 0 Å². The molecule has 0 bridgehead atoms. The van der Waals surface area contributed by atoms with Crippen molar-refractivity contribution in [3.8, 4) is 11.3 Å². The molecule has 1 aliphatic rings. The topological polar surface area (TPSA) is 94.3 Å². The summed E-state index contributed by atoms with van der Waals surface area (Å²) in [6.45, 7) is 3.95. The number of amides is 4. The molecule has 2 aromatic carbocycles. The lowest BCUT2D eigenvalue weighted by Crippen LogP contribution is -2.50. The first-order chi connectivity index (χ1) is 16.0. The maximum absolute atomic E-state index is 13.0. The summed E-state index contributed by atoms with van der Waals surface area (Å²) in [7, 11) is 0. The molecule has 1 aliphatic heterocycles. The van der Waals surface area contributed by atoms with E-state index in [9.17, 15) is 14.4 Å². The highest BCUT2D eigenvalue weighted by molar-refractivity contribution is 6.08. The van der Waals surface area contributed by atoms with Gasteiger partial charge in [0.2, 0.25) is 5.91 Å². The number of imide groups is 1. The minimum atomic E-state index is -0.925. The first-order valence-electron chi connectivity index (χ1n) is 11.6. The number of carbonyl (C=O) groups is 3. The molecule has 2 heterocycles. The van der Waals surface area contributed by atoms with E-state index in [-0.39, 0.29) is 18.2 Å². The minimum absolute atomic E-state index is 0.146. The first kappa shape index (κ1) is 22.6. The lowest BCUT2D eigenvalue weighted by atomic mass is 9.89. The lowest BCUT2D eigenvalue weighted by molar-refractivity contribution is -0.139. The summed E-state index contributed by atoms with van der Waals surface area (Å²) < 4.78 is 0. The van der Waals surface area contributed by atoms with Crippen molar-refractivity contribution in [2.75, 3.05) is 0 Å². The van der Waals surface area contributed by atoms with Crippen LogP contribution >= 0.6 is 0 Å². The Kier molecular flexibility index (Phi) is 6.49. The zero-order chi connectivity index (χ0) is 23.4. The molecule has 0 saturated carbocycles. The molecule has 0 aliphatic carbocycles. The number of aromatic nitrogens is 1. The Bertz CT molecular complexity index is 1160. The second kappa shape index (κ2) is 9.48. The molecule has 7 heteroatoms. The number of benzene rings is 2. The summed E-state index contributed by atoms with van der Waals surface area (Å²) in [5.41, 5.74) is 5.68. The number of rotatable bonds is 9. The third-order valence-corrected chi connectivity index (χ3v) is 6.23. The number of H-pyrrole nitrogens is 1. The van der Waals surface area contributed by atoms with Crippen LogP contribution in [0, 0.1) is 0 Å². The van der Waals surface area contributed by atoms with E-state index in [1.54, 1.807) is 0 Å². The average molecular weight is 447 g/mol. The van der Waals surface area contributed by atoms with Gasteiger partial charge in [-0.05, 0) is 36.5 Å². The molecule has 4 amide bonds. The summed E-state index contributed by atoms with van der Waals surface area (Å²) in [5.74, 6) is -0.742. The Balaban J connectivity index is 1.51. The van der Waals surface area contributed by atoms with Gasteiger partial charge in [-0.1, -0.05) is 75.2 Å². The van der Waals surface area contributed by atoms with Crippen molar-refractivity contribution in [1.29, 1.82) is 0 Å². The molecule has 1 fully saturated rings. The zero-order valence-electron chi connectivity index (χ0n) is 19.1. The molecule has 33 heavy (non-hydrogen) atoms. The molecular formula is C26H30N4O3. The summed E-state index contributed by atoms with van der Waals surface area (Å²) >= 11 is 0. The molecule has 172 valence electrons. The number of carbonyl (C=O) groups excluding carboxylic acids is 3. The van der Waals surface area contributed by atoms with E-state index in [0.29, 0.717) is 19.3 Å². The van der Waals surface area contributed by atoms with E-state index < -0.39 is 11.6 Å². The van der Waals surface area contributed by atoms with Gasteiger partial charge in [0.15, 0.2) is 0 Å². The van der Waals surface area contributed by atoms with Crippen LogP contribution in [-0.2, 0) is 16.0 Å². The number of urea groups is 1. The van der Waals surface area contributed by atoms with Gasteiger partial charge >= 0.3 is 6.03 Å². The van der Waals surface area contributed by atoms with E-state index in [4.69, 9.17) is 0 Å². The largest absolute Gasteiger partial charge is 0.354 e. The third kappa shape index (κ3) is 4.35. The number of nitrogens with one attached hydrogen (secondary N) is 3. The standard InChI is InChI=1S/C26H30N4O3/c1-3-16-26(17-4-2)24(32)30(25(33)28-26)29-22(31)15-14-20-19-12-8-9-13-21(19)27-23(20)18-10-6-5-7-11-18/h5-13,27H,3-4,14-17H2,1-2H3,(H,28,33)(H,29,31). The smallest absolute Gasteiger partial charge is 0.344 e. The van der Waals surface area contributed by atoms with Gasteiger partial charge in [0.25, 0.3) is 5.91 Å². The number of nitrogens with zero attached hydrogens (tertiary/aromatic N) is 1. The van der Waals surface area contributed by atoms with Crippen molar-refractivity contribution in [1.82, 2.24) is 20.7 Å². The van der Waals surface area contributed by atoms with Gasteiger partial charge in [0.1, 0.15) is 5.54 Å². The molecule has 3 aromatic rings. The Morgan fingerprint density at radius 2 is 1.64 bits per heavy atom. The van der Waals surface area contributed by atoms with Gasteiger partial charge in [-0.2, -0.15) is 5.01 Å². The number of aryl methyl sites for hydroxylation is 1. The minimum Gasteiger partial charge on any atom is -0.354 e. The van der Waals surface area contributed by atoms with Crippen LogP contribution in [0.5, 0.6) is 0 Å². The van der Waals surface area contributed by atoms with Crippen LogP contribution in [-0.4, -0.2) is 33.4 Å². The summed E-state index contributed by atoms with van der Waals surface area (Å²) in [6.07, 6.45) is 3.24. The summed E-state index contributed by atoms with van der Waals surface area (Å²) in [5, 5.41) is 4.74. The third-order valence-electron chi connectivity index (χ3n) is 6.23. The average Bonchev–Trinajstić information content (AvgIpc) is 3.29. The van der Waals surface area contributed by atoms with Gasteiger partial charge in [-0.3, -0.25) is 15.0 Å². The summed E-state index contributed by atoms with van der Waals surface area (Å²) in [6, 6.07) is 17.4. The molecule has 7 nitrogen and oxygen atoms in total. The maximum Gasteiger partial charge on any atom is 0.344 e. The van der Waals surface area contributed by atoms with Gasteiger partial charge in [0, 0.05) is 23.0 Å². The quantitative estimate of drug-likeness (QED) is 0.416. The van der Waals surface area contributed by atoms with Gasteiger partial charge in [0.05, 0.1) is 0 Å². The highest BCUT2D eigenvalue weighted by Gasteiger charge is 2.50. The van der Waals surface area contributed by atoms with Crippen molar-refractivity contribution >= 4 is 28.7 Å². The van der Waals surface area contributed by atoms with E-state index in [1.807, 2.05) is 68.4 Å². The van der Waals surface area contributed by atoms with Crippen LogP contribution in [0.25, 0.3) is 22.2 Å². The molecule has 1 saturated heterocycles. The predicted octanol–water partition coefficient (Wildman–Crippen LogP) is 4.69. The Morgan fingerprint density at radius 3 is 2.33 bits per heavy atom. The molecule has 0 radical (unpaired) electrons. The molecule has 0 atom stereocenters. The van der Waals surface area contributed by atoms with E-state index >= 15 is 0 Å². The molecule has 0 spiro atoms. The van der Waals surface area contributed by atoms with Crippen molar-refractivity contribution in [3.05, 3.63) is 60.2 Å². The van der Waals surface area contributed by atoms with Gasteiger partial charge < -0.3 is 10.3 Å². The second-order valence-corrected chi connectivity index (χ2v) is 8.58. The molecule has 1 aromatic heterocycles. The van der Waals surface area contributed by atoms with Crippen molar-refractivity contribution in [2.24, 2.45) is 0 Å². The van der Waals surface area contributed by atoms with E-state index in [0.717, 1.165) is 45.6 Å². The summed E-state index contributed by atoms with van der Waals surface area (Å²) in [4.78, 5) is 41.8. The van der Waals surface area contributed by atoms with Crippen LogP contribution in [0.4, 0.5) is 4.79 Å². The monoisotopic (exact) mass is 446 g/mol. The zero-order valence-corrected chi connectivity index (χ0v) is 19.1. The number of hydrogen-bond donors (Lipinski definition) is 3. The van der Waals surface area contributed by atoms with Crippen molar-refractivity contribution < 1.29 is 14.4 Å². The first-order valence-corrected chi connectivity index (χ1v) is 11.6. The van der Waals surface area contributed by atoms with E-state index in [2.05, 4.69) is 15.7 Å². The number of para-hydroxylation sites is 1. The Labute approximate surface area is 193 Å². The highest BCUT2D eigenvalue weighted by atomic mass is 16.2. The predicted molar refractivity (Wildman–Crippen MR) is 128 cm³/mol. The molecule has 0 unspecified atom stereocenters. The van der Waals surface area contributed by atoms with Crippen molar-refractivity contribution in [2.45, 2.75) is 57.9 Å². The van der Waals surface area contributed by atoms with Gasteiger partial charge in [-0.15, -0.1) is 0 Å². The Hall–Kier alpha value is -3.61. The fourth-order valence-corrected chi connectivity index (χ4v) is 4.77. The second-order valence-electron chi connectivity index (χ2n) is 8.58. The van der Waals surface area contributed by atoms with E-state index in [1.165, 1.54) is 0 Å². The Morgan fingerprint density at radius 1 is 0.970 bits per heavy atom. The molecule has 3 N–H and O–H groups in total.